The molecule has 0 unspecified atom stereocenters. The number of amides is 1. The third kappa shape index (κ3) is 4.15. The monoisotopic (exact) mass is 248 g/mol. The molecule has 0 spiro atoms. The van der Waals surface area contributed by atoms with Crippen LogP contribution in [0.15, 0.2) is 30.3 Å². The smallest absolute Gasteiger partial charge is 0.224 e. The van der Waals surface area contributed by atoms with Crippen LogP contribution in [0.1, 0.15) is 32.3 Å². The number of benzene rings is 1. The molecule has 1 rings (SSSR count). The van der Waals surface area contributed by atoms with Crippen molar-refractivity contribution in [1.29, 1.82) is 0 Å². The van der Waals surface area contributed by atoms with Gasteiger partial charge in [-0.15, -0.1) is 0 Å². The Labute approximate surface area is 110 Å². The lowest BCUT2D eigenvalue weighted by molar-refractivity contribution is -0.120. The molecule has 0 saturated heterocycles. The zero-order valence-corrected chi connectivity index (χ0v) is 11.4. The molecular weight excluding hydrogens is 224 g/mol. The first kappa shape index (κ1) is 14.7. The number of rotatable bonds is 7. The molecule has 3 N–H and O–H groups in total. The van der Waals surface area contributed by atoms with Gasteiger partial charge in [-0.1, -0.05) is 44.2 Å². The van der Waals surface area contributed by atoms with Crippen LogP contribution in [0.2, 0.25) is 0 Å². The van der Waals surface area contributed by atoms with E-state index in [1.807, 2.05) is 30.3 Å². The minimum atomic E-state index is 0.0480. The van der Waals surface area contributed by atoms with Crippen LogP contribution in [-0.2, 0) is 11.2 Å². The largest absolute Gasteiger partial charge is 0.355 e. The topological polar surface area (TPSA) is 55.1 Å². The second-order valence-electron chi connectivity index (χ2n) is 4.85. The Morgan fingerprint density at radius 1 is 1.22 bits per heavy atom. The Bertz CT molecular complexity index is 350. The van der Waals surface area contributed by atoms with Crippen LogP contribution in [0.3, 0.4) is 0 Å². The minimum Gasteiger partial charge on any atom is -0.355 e. The van der Waals surface area contributed by atoms with Gasteiger partial charge >= 0.3 is 0 Å². The Morgan fingerprint density at radius 3 is 2.33 bits per heavy atom. The van der Waals surface area contributed by atoms with Gasteiger partial charge in [-0.25, -0.2) is 0 Å². The normalized spacial score (nSPS) is 11.3. The molecule has 0 aromatic heterocycles. The molecule has 0 aliphatic carbocycles. The van der Waals surface area contributed by atoms with Gasteiger partial charge in [0.1, 0.15) is 0 Å². The summed E-state index contributed by atoms with van der Waals surface area (Å²) < 4.78 is 0. The maximum absolute atomic E-state index is 11.9. The third-order valence-corrected chi connectivity index (χ3v) is 3.80. The van der Waals surface area contributed by atoms with E-state index in [1.54, 1.807) is 0 Å². The van der Waals surface area contributed by atoms with Crippen LogP contribution < -0.4 is 11.1 Å². The number of nitrogens with two attached hydrogens (primary N) is 1. The zero-order valence-electron chi connectivity index (χ0n) is 11.4. The van der Waals surface area contributed by atoms with Crippen LogP contribution in [0.4, 0.5) is 0 Å². The van der Waals surface area contributed by atoms with Crippen molar-refractivity contribution in [3.8, 4) is 0 Å². The second-order valence-corrected chi connectivity index (χ2v) is 4.85. The maximum atomic E-state index is 11.9. The predicted octanol–water partition coefficient (Wildman–Crippen LogP) is 2.11. The molecule has 1 aromatic rings. The lowest BCUT2D eigenvalue weighted by atomic mass is 9.82. The molecule has 1 amide bonds. The highest BCUT2D eigenvalue weighted by Gasteiger charge is 2.24. The Kier molecular flexibility index (Phi) is 5.86. The summed E-state index contributed by atoms with van der Waals surface area (Å²) >= 11 is 0. The maximum Gasteiger partial charge on any atom is 0.224 e. The molecule has 0 aliphatic rings. The van der Waals surface area contributed by atoms with Crippen LogP contribution in [0.25, 0.3) is 0 Å². The second kappa shape index (κ2) is 7.17. The standard InChI is InChI=1S/C15H24N2O/c1-3-15(4-2,11-16)12-17-14(18)10-13-8-6-5-7-9-13/h5-9H,3-4,10-12,16H2,1-2H3,(H,17,18). The van der Waals surface area contributed by atoms with Crippen molar-refractivity contribution < 1.29 is 4.79 Å². The van der Waals surface area contributed by atoms with Gasteiger partial charge in [0.15, 0.2) is 0 Å². The van der Waals surface area contributed by atoms with E-state index in [0.717, 1.165) is 18.4 Å². The fourth-order valence-corrected chi connectivity index (χ4v) is 1.99. The van der Waals surface area contributed by atoms with Crippen LogP contribution >= 0.6 is 0 Å². The molecule has 18 heavy (non-hydrogen) atoms. The first-order valence-electron chi connectivity index (χ1n) is 6.66. The highest BCUT2D eigenvalue weighted by molar-refractivity contribution is 5.78. The molecule has 0 atom stereocenters. The van der Waals surface area contributed by atoms with Crippen molar-refractivity contribution in [2.75, 3.05) is 13.1 Å². The number of carbonyl (C=O) groups excluding carboxylic acids is 1. The minimum absolute atomic E-state index is 0.0480. The van der Waals surface area contributed by atoms with Gasteiger partial charge < -0.3 is 11.1 Å². The van der Waals surface area contributed by atoms with Gasteiger partial charge in [-0.3, -0.25) is 4.79 Å². The molecule has 0 saturated carbocycles. The molecule has 0 bridgehead atoms. The molecule has 1 aromatic carbocycles. The fraction of sp³-hybridized carbons (Fsp3) is 0.533. The molecule has 0 fully saturated rings. The highest BCUT2D eigenvalue weighted by Crippen LogP contribution is 2.23. The molecule has 0 heterocycles. The summed E-state index contributed by atoms with van der Waals surface area (Å²) in [6.45, 7) is 5.53. The van der Waals surface area contributed by atoms with Crippen molar-refractivity contribution >= 4 is 5.91 Å². The van der Waals surface area contributed by atoms with E-state index < -0.39 is 0 Å². The highest BCUT2D eigenvalue weighted by atomic mass is 16.1. The lowest BCUT2D eigenvalue weighted by Gasteiger charge is -2.30. The summed E-state index contributed by atoms with van der Waals surface area (Å²) in [4.78, 5) is 11.9. The lowest BCUT2D eigenvalue weighted by Crippen LogP contribution is -2.42. The summed E-state index contributed by atoms with van der Waals surface area (Å²) in [7, 11) is 0. The van der Waals surface area contributed by atoms with Crippen molar-refractivity contribution in [3.05, 3.63) is 35.9 Å². The quantitative estimate of drug-likeness (QED) is 0.776. The van der Waals surface area contributed by atoms with E-state index >= 15 is 0 Å². The van der Waals surface area contributed by atoms with E-state index in [2.05, 4.69) is 19.2 Å². The van der Waals surface area contributed by atoms with Gasteiger partial charge in [-0.2, -0.15) is 0 Å². The molecular formula is C15H24N2O. The summed E-state index contributed by atoms with van der Waals surface area (Å²) in [5.74, 6) is 0.0703. The van der Waals surface area contributed by atoms with Crippen molar-refractivity contribution in [2.24, 2.45) is 11.1 Å². The predicted molar refractivity (Wildman–Crippen MR) is 75.2 cm³/mol. The molecule has 0 radical (unpaired) electrons. The van der Waals surface area contributed by atoms with Crippen molar-refractivity contribution in [3.63, 3.8) is 0 Å². The van der Waals surface area contributed by atoms with Crippen molar-refractivity contribution in [1.82, 2.24) is 5.32 Å². The number of carbonyl (C=O) groups is 1. The number of nitrogens with one attached hydrogen (secondary N) is 1. The average Bonchev–Trinajstić information content (AvgIpc) is 2.42. The van der Waals surface area contributed by atoms with E-state index in [0.29, 0.717) is 19.5 Å². The first-order chi connectivity index (χ1) is 8.65. The van der Waals surface area contributed by atoms with Gasteiger partial charge in [0, 0.05) is 6.54 Å². The summed E-state index contributed by atoms with van der Waals surface area (Å²) in [6.07, 6.45) is 2.42. The Morgan fingerprint density at radius 2 is 1.83 bits per heavy atom. The summed E-state index contributed by atoms with van der Waals surface area (Å²) in [6, 6.07) is 9.79. The van der Waals surface area contributed by atoms with Crippen LogP contribution in [-0.4, -0.2) is 19.0 Å². The van der Waals surface area contributed by atoms with E-state index in [1.165, 1.54) is 0 Å². The Hall–Kier alpha value is -1.35. The molecule has 3 heteroatoms. The fourth-order valence-electron chi connectivity index (χ4n) is 1.99. The average molecular weight is 248 g/mol. The van der Waals surface area contributed by atoms with Crippen LogP contribution in [0.5, 0.6) is 0 Å². The first-order valence-corrected chi connectivity index (χ1v) is 6.66. The molecule has 0 aliphatic heterocycles. The van der Waals surface area contributed by atoms with Crippen molar-refractivity contribution in [2.45, 2.75) is 33.1 Å². The molecule has 3 nitrogen and oxygen atoms in total. The van der Waals surface area contributed by atoms with Gasteiger partial charge in [0.25, 0.3) is 0 Å². The zero-order chi connectivity index (χ0) is 13.4. The van der Waals surface area contributed by atoms with Gasteiger partial charge in [0.05, 0.1) is 6.42 Å². The van der Waals surface area contributed by atoms with E-state index in [4.69, 9.17) is 5.73 Å². The number of hydrogen-bond donors (Lipinski definition) is 2. The van der Waals surface area contributed by atoms with Gasteiger partial charge in [0.2, 0.25) is 5.91 Å². The van der Waals surface area contributed by atoms with E-state index in [-0.39, 0.29) is 11.3 Å². The van der Waals surface area contributed by atoms with Gasteiger partial charge in [-0.05, 0) is 30.4 Å². The third-order valence-electron chi connectivity index (χ3n) is 3.80. The SMILES string of the molecule is CCC(CC)(CN)CNC(=O)Cc1ccccc1. The van der Waals surface area contributed by atoms with E-state index in [9.17, 15) is 4.79 Å². The summed E-state index contributed by atoms with van der Waals surface area (Å²) in [5, 5.41) is 3.01. The Balaban J connectivity index is 2.46. The summed E-state index contributed by atoms with van der Waals surface area (Å²) in [5.41, 5.74) is 6.91. The molecule has 100 valence electrons. The van der Waals surface area contributed by atoms with Crippen LogP contribution in [0, 0.1) is 5.41 Å². The number of hydrogen-bond acceptors (Lipinski definition) is 2.